The van der Waals surface area contributed by atoms with Crippen molar-refractivity contribution in [1.29, 1.82) is 0 Å². The highest BCUT2D eigenvalue weighted by atomic mass is 16.3. The summed E-state index contributed by atoms with van der Waals surface area (Å²) in [6.07, 6.45) is 1.64. The van der Waals surface area contributed by atoms with E-state index in [0.717, 1.165) is 12.8 Å². The number of benzene rings is 1. The number of carbonyl (C=O) groups is 1. The van der Waals surface area contributed by atoms with Crippen LogP contribution in [0.5, 0.6) is 0 Å². The van der Waals surface area contributed by atoms with Gasteiger partial charge in [0, 0.05) is 12.0 Å². The molecule has 0 unspecified atom stereocenters. The molecule has 3 nitrogen and oxygen atoms in total. The second-order valence-electron chi connectivity index (χ2n) is 4.47. The zero-order chi connectivity index (χ0) is 11.5. The lowest BCUT2D eigenvalue weighted by molar-refractivity contribution is -0.125. The third-order valence-electron chi connectivity index (χ3n) is 3.08. The van der Waals surface area contributed by atoms with Gasteiger partial charge in [-0.05, 0) is 30.9 Å². The van der Waals surface area contributed by atoms with Crippen LogP contribution in [0.25, 0.3) is 0 Å². The molecule has 16 heavy (non-hydrogen) atoms. The molecule has 0 fully saturated rings. The number of fused-ring (bicyclic) bond motifs is 1. The molecular weight excluding hydrogens is 202 g/mol. The third-order valence-corrected chi connectivity index (χ3v) is 3.08. The zero-order valence-electron chi connectivity index (χ0n) is 9.44. The van der Waals surface area contributed by atoms with Gasteiger partial charge in [0.2, 0.25) is 5.91 Å². The van der Waals surface area contributed by atoms with Crippen molar-refractivity contribution < 1.29 is 9.90 Å². The Kier molecular flexibility index (Phi) is 3.25. The number of rotatable bonds is 3. The first-order valence-corrected chi connectivity index (χ1v) is 5.68. The summed E-state index contributed by atoms with van der Waals surface area (Å²) in [6, 6.07) is 8.03. The highest BCUT2D eigenvalue weighted by molar-refractivity contribution is 5.80. The molecule has 1 aromatic rings. The van der Waals surface area contributed by atoms with Crippen LogP contribution in [0.1, 0.15) is 18.1 Å². The first-order valence-electron chi connectivity index (χ1n) is 5.68. The van der Waals surface area contributed by atoms with Crippen LogP contribution >= 0.6 is 0 Å². The van der Waals surface area contributed by atoms with Gasteiger partial charge in [-0.1, -0.05) is 24.3 Å². The monoisotopic (exact) mass is 219 g/mol. The molecule has 0 saturated heterocycles. The molecule has 2 rings (SSSR count). The van der Waals surface area contributed by atoms with E-state index in [1.54, 1.807) is 6.92 Å². The fourth-order valence-corrected chi connectivity index (χ4v) is 2.15. The van der Waals surface area contributed by atoms with Gasteiger partial charge in [0.1, 0.15) is 0 Å². The summed E-state index contributed by atoms with van der Waals surface area (Å²) in [5.41, 5.74) is 2.55. The molecule has 1 aliphatic carbocycles. The van der Waals surface area contributed by atoms with Gasteiger partial charge >= 0.3 is 0 Å². The lowest BCUT2D eigenvalue weighted by Gasteiger charge is -2.14. The van der Waals surface area contributed by atoms with Crippen molar-refractivity contribution in [2.45, 2.75) is 25.8 Å². The summed E-state index contributed by atoms with van der Waals surface area (Å²) in [5, 5.41) is 11.7. The van der Waals surface area contributed by atoms with E-state index in [-0.39, 0.29) is 24.5 Å². The Morgan fingerprint density at radius 1 is 1.44 bits per heavy atom. The average Bonchev–Trinajstić information content (AvgIpc) is 2.72. The molecule has 1 atom stereocenters. The maximum absolute atomic E-state index is 11.9. The van der Waals surface area contributed by atoms with Crippen molar-refractivity contribution in [2.75, 3.05) is 6.61 Å². The maximum atomic E-state index is 11.9. The van der Waals surface area contributed by atoms with Crippen molar-refractivity contribution in [3.05, 3.63) is 35.4 Å². The molecule has 0 radical (unpaired) electrons. The van der Waals surface area contributed by atoms with E-state index in [0.29, 0.717) is 0 Å². The van der Waals surface area contributed by atoms with Gasteiger partial charge in [0.25, 0.3) is 0 Å². The molecule has 0 saturated carbocycles. The van der Waals surface area contributed by atoms with Crippen molar-refractivity contribution in [1.82, 2.24) is 5.32 Å². The Morgan fingerprint density at radius 2 is 2.00 bits per heavy atom. The Bertz CT molecular complexity index is 364. The molecule has 0 aliphatic heterocycles. The number of aliphatic hydroxyl groups excluding tert-OH is 1. The van der Waals surface area contributed by atoms with Gasteiger partial charge in [-0.2, -0.15) is 0 Å². The molecule has 1 amide bonds. The van der Waals surface area contributed by atoms with Gasteiger partial charge in [0.15, 0.2) is 0 Å². The Balaban J connectivity index is 1.98. The Labute approximate surface area is 95.5 Å². The van der Waals surface area contributed by atoms with Crippen LogP contribution in [0.3, 0.4) is 0 Å². The smallest absolute Gasteiger partial charge is 0.224 e. The minimum atomic E-state index is -0.156. The summed E-state index contributed by atoms with van der Waals surface area (Å²) in [4.78, 5) is 11.9. The summed E-state index contributed by atoms with van der Waals surface area (Å²) >= 11 is 0. The quantitative estimate of drug-likeness (QED) is 0.793. The van der Waals surface area contributed by atoms with E-state index >= 15 is 0 Å². The zero-order valence-corrected chi connectivity index (χ0v) is 9.44. The van der Waals surface area contributed by atoms with Crippen LogP contribution < -0.4 is 5.32 Å². The van der Waals surface area contributed by atoms with Gasteiger partial charge in [-0.3, -0.25) is 4.79 Å². The molecule has 0 spiro atoms. The Morgan fingerprint density at radius 3 is 2.50 bits per heavy atom. The van der Waals surface area contributed by atoms with Crippen molar-refractivity contribution in [3.63, 3.8) is 0 Å². The SMILES string of the molecule is C[C@@H](CO)NC(=O)C1Cc2ccccc2C1. The van der Waals surface area contributed by atoms with E-state index in [1.165, 1.54) is 11.1 Å². The van der Waals surface area contributed by atoms with Crippen LogP contribution in [0.15, 0.2) is 24.3 Å². The van der Waals surface area contributed by atoms with Crippen LogP contribution in [0.4, 0.5) is 0 Å². The number of nitrogens with one attached hydrogen (secondary N) is 1. The largest absolute Gasteiger partial charge is 0.394 e. The molecule has 0 heterocycles. The molecular formula is C13H17NO2. The van der Waals surface area contributed by atoms with Crippen LogP contribution in [-0.2, 0) is 17.6 Å². The summed E-state index contributed by atoms with van der Waals surface area (Å²) in [5.74, 6) is 0.0872. The van der Waals surface area contributed by atoms with Gasteiger partial charge in [-0.15, -0.1) is 0 Å². The average molecular weight is 219 g/mol. The van der Waals surface area contributed by atoms with Gasteiger partial charge in [-0.25, -0.2) is 0 Å². The molecule has 2 N–H and O–H groups in total. The standard InChI is InChI=1S/C13H17NO2/c1-9(8-15)14-13(16)12-6-10-4-2-3-5-11(10)7-12/h2-5,9,12,15H,6-8H2,1H3,(H,14,16)/t9-/m0/s1. The van der Waals surface area contributed by atoms with Crippen LogP contribution in [-0.4, -0.2) is 23.7 Å². The second-order valence-corrected chi connectivity index (χ2v) is 4.47. The van der Waals surface area contributed by atoms with E-state index in [1.807, 2.05) is 12.1 Å². The normalized spacial score (nSPS) is 16.9. The summed E-state index contributed by atoms with van der Waals surface area (Å²) in [7, 11) is 0. The highest BCUT2D eigenvalue weighted by Crippen LogP contribution is 2.26. The minimum absolute atomic E-state index is 0.00852. The van der Waals surface area contributed by atoms with Gasteiger partial charge in [0.05, 0.1) is 6.61 Å². The van der Waals surface area contributed by atoms with Gasteiger partial charge < -0.3 is 10.4 Å². The van der Waals surface area contributed by atoms with E-state index in [2.05, 4.69) is 17.4 Å². The Hall–Kier alpha value is -1.35. The lowest BCUT2D eigenvalue weighted by atomic mass is 10.1. The lowest BCUT2D eigenvalue weighted by Crippen LogP contribution is -2.39. The van der Waals surface area contributed by atoms with E-state index in [4.69, 9.17) is 5.11 Å². The topological polar surface area (TPSA) is 49.3 Å². The minimum Gasteiger partial charge on any atom is -0.394 e. The molecule has 0 aromatic heterocycles. The number of carbonyl (C=O) groups excluding carboxylic acids is 1. The predicted molar refractivity (Wildman–Crippen MR) is 62.0 cm³/mol. The summed E-state index contributed by atoms with van der Waals surface area (Å²) in [6.45, 7) is 1.80. The second kappa shape index (κ2) is 4.66. The number of hydrogen-bond donors (Lipinski definition) is 2. The number of hydrogen-bond acceptors (Lipinski definition) is 2. The van der Waals surface area contributed by atoms with E-state index in [9.17, 15) is 4.79 Å². The van der Waals surface area contributed by atoms with Crippen LogP contribution in [0, 0.1) is 5.92 Å². The molecule has 3 heteroatoms. The van der Waals surface area contributed by atoms with Crippen molar-refractivity contribution >= 4 is 5.91 Å². The number of amides is 1. The molecule has 0 bridgehead atoms. The molecule has 1 aromatic carbocycles. The maximum Gasteiger partial charge on any atom is 0.224 e. The highest BCUT2D eigenvalue weighted by Gasteiger charge is 2.27. The van der Waals surface area contributed by atoms with E-state index < -0.39 is 0 Å². The molecule has 86 valence electrons. The third kappa shape index (κ3) is 2.25. The number of aliphatic hydroxyl groups is 1. The van der Waals surface area contributed by atoms with Crippen LogP contribution in [0.2, 0.25) is 0 Å². The van der Waals surface area contributed by atoms with Crippen molar-refractivity contribution in [3.8, 4) is 0 Å². The first-order chi connectivity index (χ1) is 7.70. The fraction of sp³-hybridized carbons (Fsp3) is 0.462. The fourth-order valence-electron chi connectivity index (χ4n) is 2.15. The first kappa shape index (κ1) is 11.1. The van der Waals surface area contributed by atoms with Crippen molar-refractivity contribution in [2.24, 2.45) is 5.92 Å². The predicted octanol–water partition coefficient (Wildman–Crippen LogP) is 0.898. The summed E-state index contributed by atoms with van der Waals surface area (Å²) < 4.78 is 0. The molecule has 1 aliphatic rings.